The van der Waals surface area contributed by atoms with Crippen LogP contribution in [0.1, 0.15) is 5.56 Å². The molecule has 29 heavy (non-hydrogen) atoms. The highest BCUT2D eigenvalue weighted by molar-refractivity contribution is 6.31. The largest absolute Gasteiger partial charge is 0.496 e. The molecule has 0 N–H and O–H groups in total. The molecule has 4 rings (SSSR count). The number of hydrogen-bond acceptors (Lipinski definition) is 4. The van der Waals surface area contributed by atoms with Gasteiger partial charge in [-0.25, -0.2) is 4.39 Å². The Hall–Kier alpha value is -3.31. The van der Waals surface area contributed by atoms with Crippen molar-refractivity contribution in [3.05, 3.63) is 93.6 Å². The normalized spacial score (nSPS) is 10.9. The Labute approximate surface area is 171 Å². The lowest BCUT2D eigenvalue weighted by Crippen LogP contribution is -2.06. The summed E-state index contributed by atoms with van der Waals surface area (Å²) in [6.07, 6.45) is 1.42. The molecule has 0 fully saturated rings. The van der Waals surface area contributed by atoms with Crippen molar-refractivity contribution >= 4 is 22.6 Å². The molecule has 4 aromatic rings. The van der Waals surface area contributed by atoms with Gasteiger partial charge in [-0.15, -0.1) is 0 Å². The number of rotatable bonds is 5. The minimum Gasteiger partial charge on any atom is -0.496 e. The predicted octanol–water partition coefficient (Wildman–Crippen LogP) is 5.84. The van der Waals surface area contributed by atoms with Gasteiger partial charge in [-0.3, -0.25) is 4.79 Å². The quantitative estimate of drug-likeness (QED) is 0.414. The summed E-state index contributed by atoms with van der Waals surface area (Å²) in [6.45, 7) is 0.161. The number of methoxy groups -OCH3 is 1. The van der Waals surface area contributed by atoms with Crippen molar-refractivity contribution < 1.29 is 18.3 Å². The average molecular weight is 411 g/mol. The zero-order valence-corrected chi connectivity index (χ0v) is 16.2. The molecule has 3 aromatic carbocycles. The zero-order valence-electron chi connectivity index (χ0n) is 15.4. The third-order valence-electron chi connectivity index (χ3n) is 4.55. The van der Waals surface area contributed by atoms with Gasteiger partial charge in [0.15, 0.2) is 0 Å². The molecule has 0 aliphatic carbocycles. The van der Waals surface area contributed by atoms with E-state index in [0.717, 1.165) is 0 Å². The van der Waals surface area contributed by atoms with E-state index in [0.29, 0.717) is 44.2 Å². The molecule has 0 spiro atoms. The van der Waals surface area contributed by atoms with Crippen molar-refractivity contribution in [3.8, 4) is 22.6 Å². The van der Waals surface area contributed by atoms with Crippen LogP contribution >= 0.6 is 11.6 Å². The number of para-hydroxylation sites is 1. The van der Waals surface area contributed by atoms with Crippen LogP contribution in [0, 0.1) is 5.82 Å². The van der Waals surface area contributed by atoms with E-state index in [9.17, 15) is 9.18 Å². The van der Waals surface area contributed by atoms with Crippen molar-refractivity contribution in [1.29, 1.82) is 0 Å². The van der Waals surface area contributed by atoms with Gasteiger partial charge in [0.25, 0.3) is 0 Å². The van der Waals surface area contributed by atoms with Gasteiger partial charge < -0.3 is 13.9 Å². The lowest BCUT2D eigenvalue weighted by molar-refractivity contribution is 0.306. The summed E-state index contributed by atoms with van der Waals surface area (Å²) in [7, 11) is 1.55. The maximum atomic E-state index is 13.2. The van der Waals surface area contributed by atoms with E-state index < -0.39 is 5.82 Å². The number of hydrogen-bond donors (Lipinski definition) is 0. The fourth-order valence-electron chi connectivity index (χ4n) is 3.05. The van der Waals surface area contributed by atoms with Crippen LogP contribution in [0.5, 0.6) is 11.5 Å². The summed E-state index contributed by atoms with van der Waals surface area (Å²) in [6, 6.07) is 16.4. The first-order valence-electron chi connectivity index (χ1n) is 8.82. The Balaban J connectivity index is 1.65. The molecule has 0 unspecified atom stereocenters. The topological polar surface area (TPSA) is 48.7 Å². The molecule has 1 aromatic heterocycles. The first-order valence-corrected chi connectivity index (χ1v) is 9.20. The maximum absolute atomic E-state index is 13.2. The summed E-state index contributed by atoms with van der Waals surface area (Å²) >= 11 is 6.02. The highest BCUT2D eigenvalue weighted by Gasteiger charge is 2.13. The van der Waals surface area contributed by atoms with Crippen LogP contribution in [0.3, 0.4) is 0 Å². The number of halogens is 2. The Morgan fingerprint density at radius 3 is 2.66 bits per heavy atom. The number of ether oxygens (including phenoxy) is 2. The van der Waals surface area contributed by atoms with Crippen LogP contribution in [0.25, 0.3) is 22.1 Å². The Morgan fingerprint density at radius 2 is 1.86 bits per heavy atom. The Kier molecular flexibility index (Phi) is 5.23. The van der Waals surface area contributed by atoms with E-state index in [1.807, 2.05) is 12.1 Å². The lowest BCUT2D eigenvalue weighted by Gasteiger charge is -2.10. The SMILES string of the molecule is COc1ccccc1-c1coc2cc(OCc3ccc(F)cc3Cl)ccc2c1=O. The average Bonchev–Trinajstić information content (AvgIpc) is 2.73. The second-order valence-electron chi connectivity index (χ2n) is 6.36. The summed E-state index contributed by atoms with van der Waals surface area (Å²) in [5.74, 6) is 0.693. The molecule has 4 nitrogen and oxygen atoms in total. The van der Waals surface area contributed by atoms with Crippen LogP contribution in [0.4, 0.5) is 4.39 Å². The summed E-state index contributed by atoms with van der Waals surface area (Å²) in [5.41, 5.74) is 1.97. The van der Waals surface area contributed by atoms with Crippen LogP contribution in [0.2, 0.25) is 5.02 Å². The fraction of sp³-hybridized carbons (Fsp3) is 0.0870. The van der Waals surface area contributed by atoms with Crippen molar-refractivity contribution in [2.24, 2.45) is 0 Å². The van der Waals surface area contributed by atoms with Gasteiger partial charge >= 0.3 is 0 Å². The van der Waals surface area contributed by atoms with E-state index in [4.69, 9.17) is 25.5 Å². The van der Waals surface area contributed by atoms with Gasteiger partial charge in [-0.2, -0.15) is 0 Å². The first kappa shape index (κ1) is 19.0. The third-order valence-corrected chi connectivity index (χ3v) is 4.90. The summed E-state index contributed by atoms with van der Waals surface area (Å²) in [5, 5.41) is 0.722. The molecular weight excluding hydrogens is 395 g/mol. The van der Waals surface area contributed by atoms with Crippen LogP contribution in [-0.4, -0.2) is 7.11 Å². The molecule has 0 aliphatic heterocycles. The molecule has 0 saturated carbocycles. The minimum atomic E-state index is -0.405. The zero-order chi connectivity index (χ0) is 20.4. The molecule has 0 aliphatic rings. The van der Waals surface area contributed by atoms with E-state index in [1.54, 1.807) is 43.5 Å². The van der Waals surface area contributed by atoms with E-state index >= 15 is 0 Å². The molecule has 6 heteroatoms. The highest BCUT2D eigenvalue weighted by atomic mass is 35.5. The third kappa shape index (κ3) is 3.82. The summed E-state index contributed by atoms with van der Waals surface area (Å²) < 4.78 is 29.9. The number of fused-ring (bicyclic) bond motifs is 1. The van der Waals surface area contributed by atoms with Gasteiger partial charge in [0.05, 0.1) is 23.1 Å². The van der Waals surface area contributed by atoms with Crippen LogP contribution < -0.4 is 14.9 Å². The van der Waals surface area contributed by atoms with Gasteiger partial charge in [0.1, 0.15) is 35.8 Å². The lowest BCUT2D eigenvalue weighted by atomic mass is 10.0. The molecule has 0 saturated heterocycles. The highest BCUT2D eigenvalue weighted by Crippen LogP contribution is 2.29. The Bertz CT molecular complexity index is 1250. The molecule has 0 amide bonds. The maximum Gasteiger partial charge on any atom is 0.200 e. The van der Waals surface area contributed by atoms with E-state index in [2.05, 4.69) is 0 Å². The second kappa shape index (κ2) is 7.97. The predicted molar refractivity (Wildman–Crippen MR) is 110 cm³/mol. The first-order chi connectivity index (χ1) is 14.1. The molecule has 0 bridgehead atoms. The molecular formula is C23H16ClFO4. The molecule has 0 radical (unpaired) electrons. The van der Waals surface area contributed by atoms with Crippen molar-refractivity contribution in [2.45, 2.75) is 6.61 Å². The molecule has 146 valence electrons. The van der Waals surface area contributed by atoms with Crippen LogP contribution in [0.15, 0.2) is 76.1 Å². The van der Waals surface area contributed by atoms with Gasteiger partial charge in [0.2, 0.25) is 5.43 Å². The van der Waals surface area contributed by atoms with Crippen LogP contribution in [-0.2, 0) is 6.61 Å². The van der Waals surface area contributed by atoms with Gasteiger partial charge in [-0.1, -0.05) is 35.9 Å². The second-order valence-corrected chi connectivity index (χ2v) is 6.77. The standard InChI is InChI=1S/C23H16ClFO4/c1-27-21-5-3-2-4-17(21)19-13-29-22-11-16(8-9-18(22)23(19)26)28-12-14-6-7-15(25)10-20(14)24/h2-11,13H,12H2,1H3. The van der Waals surface area contributed by atoms with Crippen molar-refractivity contribution in [2.75, 3.05) is 7.11 Å². The van der Waals surface area contributed by atoms with Crippen molar-refractivity contribution in [3.63, 3.8) is 0 Å². The van der Waals surface area contributed by atoms with Gasteiger partial charge in [0, 0.05) is 17.2 Å². The number of benzene rings is 3. The fourth-order valence-corrected chi connectivity index (χ4v) is 3.27. The smallest absolute Gasteiger partial charge is 0.200 e. The molecule has 1 heterocycles. The monoisotopic (exact) mass is 410 g/mol. The van der Waals surface area contributed by atoms with Gasteiger partial charge in [-0.05, 0) is 30.3 Å². The van der Waals surface area contributed by atoms with E-state index in [-0.39, 0.29) is 12.0 Å². The Morgan fingerprint density at radius 1 is 1.03 bits per heavy atom. The van der Waals surface area contributed by atoms with Crippen molar-refractivity contribution in [1.82, 2.24) is 0 Å². The van der Waals surface area contributed by atoms with E-state index in [1.165, 1.54) is 18.4 Å². The minimum absolute atomic E-state index is 0.161. The summed E-state index contributed by atoms with van der Waals surface area (Å²) in [4.78, 5) is 13.0. The molecule has 0 atom stereocenters.